The largest absolute Gasteiger partial charge is 0.356 e. The summed E-state index contributed by atoms with van der Waals surface area (Å²) >= 11 is 5.21. The molecule has 2 N–H and O–H groups in total. The second-order valence-corrected chi connectivity index (χ2v) is 5.58. The van der Waals surface area contributed by atoms with Gasteiger partial charge in [0.1, 0.15) is 5.82 Å². The molecule has 2 aromatic rings. The zero-order valence-electron chi connectivity index (χ0n) is 11.6. The van der Waals surface area contributed by atoms with Crippen LogP contribution < -0.4 is 5.32 Å². The molecule has 0 spiro atoms. The lowest BCUT2D eigenvalue weighted by Crippen LogP contribution is -2.28. The quantitative estimate of drug-likeness (QED) is 0.833. The molecule has 4 nitrogen and oxygen atoms in total. The Hall–Kier alpha value is -1.69. The van der Waals surface area contributed by atoms with E-state index in [4.69, 9.17) is 12.2 Å². The molecule has 0 saturated heterocycles. The second-order valence-electron chi connectivity index (χ2n) is 5.19. The van der Waals surface area contributed by atoms with Crippen LogP contribution in [0.3, 0.4) is 0 Å². The molecular formula is C14H18FN3OS. The predicted octanol–water partition coefficient (Wildman–Crippen LogP) is 3.00. The number of H-pyrrole nitrogens is 1. The summed E-state index contributed by atoms with van der Waals surface area (Å²) in [4.78, 5) is 14.7. The maximum atomic E-state index is 13.3. The van der Waals surface area contributed by atoms with Crippen LogP contribution in [0.2, 0.25) is 0 Å². The van der Waals surface area contributed by atoms with E-state index in [2.05, 4.69) is 10.3 Å². The van der Waals surface area contributed by atoms with Gasteiger partial charge in [-0.15, -0.1) is 0 Å². The van der Waals surface area contributed by atoms with Crippen molar-refractivity contribution in [2.24, 2.45) is 5.92 Å². The Balaban J connectivity index is 2.10. The fourth-order valence-electron chi connectivity index (χ4n) is 1.97. The highest BCUT2D eigenvalue weighted by molar-refractivity contribution is 7.71. The number of nitrogens with one attached hydrogen (secondary N) is 2. The number of carbonyl (C=O) groups is 1. The maximum absolute atomic E-state index is 13.3. The van der Waals surface area contributed by atoms with Crippen LogP contribution in [-0.2, 0) is 11.3 Å². The normalized spacial score (nSPS) is 11.2. The number of nitrogens with zero attached hydrogens (tertiary/aromatic N) is 1. The van der Waals surface area contributed by atoms with Crippen molar-refractivity contribution in [1.29, 1.82) is 0 Å². The van der Waals surface area contributed by atoms with Crippen molar-refractivity contribution in [1.82, 2.24) is 14.9 Å². The molecule has 1 aromatic heterocycles. The topological polar surface area (TPSA) is 49.8 Å². The highest BCUT2D eigenvalue weighted by atomic mass is 32.1. The first-order chi connectivity index (χ1) is 9.47. The number of aryl methyl sites for hydroxylation is 1. The van der Waals surface area contributed by atoms with Crippen molar-refractivity contribution in [2.75, 3.05) is 6.54 Å². The smallest absolute Gasteiger partial charge is 0.221 e. The first-order valence-electron chi connectivity index (χ1n) is 6.62. The van der Waals surface area contributed by atoms with E-state index < -0.39 is 0 Å². The number of hydrogen-bond acceptors (Lipinski definition) is 2. The highest BCUT2D eigenvalue weighted by Gasteiger charge is 2.08. The van der Waals surface area contributed by atoms with Crippen LogP contribution in [0.4, 0.5) is 4.39 Å². The molecule has 108 valence electrons. The van der Waals surface area contributed by atoms with Gasteiger partial charge in [0, 0.05) is 19.5 Å². The van der Waals surface area contributed by atoms with E-state index in [9.17, 15) is 9.18 Å². The van der Waals surface area contributed by atoms with E-state index in [0.717, 1.165) is 5.52 Å². The van der Waals surface area contributed by atoms with Gasteiger partial charge in [-0.2, -0.15) is 0 Å². The summed E-state index contributed by atoms with van der Waals surface area (Å²) in [5.41, 5.74) is 1.46. The summed E-state index contributed by atoms with van der Waals surface area (Å²) in [6, 6.07) is 4.46. The van der Waals surface area contributed by atoms with E-state index >= 15 is 0 Å². The van der Waals surface area contributed by atoms with E-state index in [-0.39, 0.29) is 11.7 Å². The van der Waals surface area contributed by atoms with Crippen LogP contribution in [-0.4, -0.2) is 22.0 Å². The number of aromatic amines is 1. The van der Waals surface area contributed by atoms with Gasteiger partial charge in [-0.1, -0.05) is 13.8 Å². The van der Waals surface area contributed by atoms with Gasteiger partial charge in [0.15, 0.2) is 4.77 Å². The van der Waals surface area contributed by atoms with Gasteiger partial charge in [0.25, 0.3) is 0 Å². The first kappa shape index (κ1) is 14.7. The van der Waals surface area contributed by atoms with Crippen molar-refractivity contribution in [2.45, 2.75) is 26.8 Å². The summed E-state index contributed by atoms with van der Waals surface area (Å²) in [6.45, 7) is 5.18. The Morgan fingerprint density at radius 2 is 2.25 bits per heavy atom. The van der Waals surface area contributed by atoms with Crippen LogP contribution >= 0.6 is 12.2 Å². The van der Waals surface area contributed by atoms with E-state index in [0.29, 0.717) is 35.7 Å². The molecule has 0 aliphatic rings. The molecule has 0 bridgehead atoms. The van der Waals surface area contributed by atoms with Gasteiger partial charge < -0.3 is 14.9 Å². The van der Waals surface area contributed by atoms with E-state index in [1.54, 1.807) is 10.6 Å². The number of carbonyl (C=O) groups excluding carboxylic acids is 1. The van der Waals surface area contributed by atoms with Crippen LogP contribution in [0.25, 0.3) is 11.0 Å². The minimum atomic E-state index is -0.315. The van der Waals surface area contributed by atoms with Crippen LogP contribution in [0.5, 0.6) is 0 Å². The number of benzene rings is 1. The standard InChI is InChI=1S/C14H18FN3OS/c1-9(2)8-16-13(19)5-6-18-12-7-10(15)3-4-11(12)17-14(18)20/h3-4,7,9H,5-6,8H2,1-2H3,(H,16,19)(H,17,20). The lowest BCUT2D eigenvalue weighted by Gasteiger charge is -2.08. The molecule has 0 aliphatic heterocycles. The van der Waals surface area contributed by atoms with Crippen LogP contribution in [0.15, 0.2) is 18.2 Å². The fourth-order valence-corrected chi connectivity index (χ4v) is 2.27. The minimum absolute atomic E-state index is 0.0219. The van der Waals surface area contributed by atoms with Gasteiger partial charge in [-0.3, -0.25) is 4.79 Å². The molecule has 2 rings (SSSR count). The Morgan fingerprint density at radius 1 is 1.50 bits per heavy atom. The summed E-state index contributed by atoms with van der Waals surface area (Å²) < 4.78 is 15.5. The zero-order chi connectivity index (χ0) is 14.7. The minimum Gasteiger partial charge on any atom is -0.356 e. The monoisotopic (exact) mass is 295 g/mol. The second kappa shape index (κ2) is 6.17. The predicted molar refractivity (Wildman–Crippen MR) is 79.5 cm³/mol. The van der Waals surface area contributed by atoms with E-state index in [1.165, 1.54) is 12.1 Å². The summed E-state index contributed by atoms with van der Waals surface area (Å²) in [6.07, 6.45) is 0.324. The van der Waals surface area contributed by atoms with Gasteiger partial charge in [-0.05, 0) is 36.3 Å². The van der Waals surface area contributed by atoms with Gasteiger partial charge in [0.2, 0.25) is 5.91 Å². The number of imidazole rings is 1. The zero-order valence-corrected chi connectivity index (χ0v) is 12.4. The molecule has 1 amide bonds. The first-order valence-corrected chi connectivity index (χ1v) is 7.03. The Morgan fingerprint density at radius 3 is 2.95 bits per heavy atom. The molecule has 0 atom stereocenters. The Labute approximate surface area is 122 Å². The lowest BCUT2D eigenvalue weighted by molar-refractivity contribution is -0.121. The Kier molecular flexibility index (Phi) is 4.54. The van der Waals surface area contributed by atoms with E-state index in [1.807, 2.05) is 13.8 Å². The molecule has 1 aromatic carbocycles. The third-order valence-corrected chi connectivity index (χ3v) is 3.33. The number of halogens is 1. The van der Waals surface area contributed by atoms with Crippen molar-refractivity contribution in [3.63, 3.8) is 0 Å². The highest BCUT2D eigenvalue weighted by Crippen LogP contribution is 2.16. The number of fused-ring (bicyclic) bond motifs is 1. The molecule has 0 unspecified atom stereocenters. The third-order valence-electron chi connectivity index (χ3n) is 3.01. The molecule has 1 heterocycles. The molecule has 20 heavy (non-hydrogen) atoms. The van der Waals surface area contributed by atoms with Gasteiger partial charge in [-0.25, -0.2) is 4.39 Å². The number of aromatic nitrogens is 2. The molecule has 0 saturated carbocycles. The number of rotatable bonds is 5. The van der Waals surface area contributed by atoms with Crippen molar-refractivity contribution in [3.8, 4) is 0 Å². The molecule has 0 fully saturated rings. The average Bonchev–Trinajstić information content (AvgIpc) is 2.69. The number of hydrogen-bond donors (Lipinski definition) is 2. The summed E-state index contributed by atoms with van der Waals surface area (Å²) in [5.74, 6) is 0.0826. The van der Waals surface area contributed by atoms with Gasteiger partial charge in [0.05, 0.1) is 11.0 Å². The number of amides is 1. The maximum Gasteiger partial charge on any atom is 0.221 e. The molecule has 0 aliphatic carbocycles. The van der Waals surface area contributed by atoms with Gasteiger partial charge >= 0.3 is 0 Å². The van der Waals surface area contributed by atoms with Crippen molar-refractivity contribution < 1.29 is 9.18 Å². The van der Waals surface area contributed by atoms with Crippen LogP contribution in [0.1, 0.15) is 20.3 Å². The lowest BCUT2D eigenvalue weighted by atomic mass is 10.2. The molecular weight excluding hydrogens is 277 g/mol. The Bertz CT molecular complexity index is 675. The summed E-state index contributed by atoms with van der Waals surface area (Å²) in [5, 5.41) is 2.85. The third kappa shape index (κ3) is 3.45. The SMILES string of the molecule is CC(C)CNC(=O)CCn1c(=S)[nH]c2ccc(F)cc21. The van der Waals surface area contributed by atoms with Crippen LogP contribution in [0, 0.1) is 16.5 Å². The molecule has 6 heteroatoms. The fraction of sp³-hybridized carbons (Fsp3) is 0.429. The van der Waals surface area contributed by atoms with Crippen molar-refractivity contribution in [3.05, 3.63) is 28.8 Å². The van der Waals surface area contributed by atoms with Crippen molar-refractivity contribution >= 4 is 29.2 Å². The molecule has 0 radical (unpaired) electrons. The average molecular weight is 295 g/mol. The summed E-state index contributed by atoms with van der Waals surface area (Å²) in [7, 11) is 0.